The van der Waals surface area contributed by atoms with Gasteiger partial charge in [0.2, 0.25) is 0 Å². The average molecular weight is 338 g/mol. The first kappa shape index (κ1) is 15.0. The zero-order valence-corrected chi connectivity index (χ0v) is 14.2. The molecule has 3 aromatic rings. The SMILES string of the molecule is CCOc1ccccc1-c1csc(-c2ccc3c(c2)NCCO3)n1. The van der Waals surface area contributed by atoms with Crippen molar-refractivity contribution < 1.29 is 9.47 Å². The number of fused-ring (bicyclic) bond motifs is 1. The van der Waals surface area contributed by atoms with Crippen LogP contribution in [0.3, 0.4) is 0 Å². The van der Waals surface area contributed by atoms with Crippen molar-refractivity contribution >= 4 is 17.0 Å². The molecule has 122 valence electrons. The van der Waals surface area contributed by atoms with Crippen LogP contribution in [0.15, 0.2) is 47.8 Å². The van der Waals surface area contributed by atoms with Crippen molar-refractivity contribution in [3.63, 3.8) is 0 Å². The third-order valence-electron chi connectivity index (χ3n) is 3.87. The monoisotopic (exact) mass is 338 g/mol. The summed E-state index contributed by atoms with van der Waals surface area (Å²) in [4.78, 5) is 4.81. The van der Waals surface area contributed by atoms with Crippen LogP contribution >= 0.6 is 11.3 Å². The van der Waals surface area contributed by atoms with Gasteiger partial charge in [-0.05, 0) is 37.3 Å². The van der Waals surface area contributed by atoms with Crippen molar-refractivity contribution in [3.05, 3.63) is 47.8 Å². The maximum atomic E-state index is 5.72. The average Bonchev–Trinajstić information content (AvgIpc) is 3.12. The van der Waals surface area contributed by atoms with E-state index in [9.17, 15) is 0 Å². The second kappa shape index (κ2) is 6.53. The van der Waals surface area contributed by atoms with Gasteiger partial charge in [0.1, 0.15) is 23.1 Å². The Balaban J connectivity index is 1.68. The van der Waals surface area contributed by atoms with Crippen molar-refractivity contribution in [2.45, 2.75) is 6.92 Å². The molecule has 0 saturated carbocycles. The smallest absolute Gasteiger partial charge is 0.142 e. The van der Waals surface area contributed by atoms with E-state index in [1.807, 2.05) is 37.3 Å². The number of para-hydroxylation sites is 1. The number of hydrogen-bond acceptors (Lipinski definition) is 5. The quantitative estimate of drug-likeness (QED) is 0.750. The Morgan fingerprint density at radius 2 is 2.17 bits per heavy atom. The highest BCUT2D eigenvalue weighted by atomic mass is 32.1. The molecule has 2 aromatic carbocycles. The van der Waals surface area contributed by atoms with Crippen LogP contribution in [0.25, 0.3) is 21.8 Å². The highest BCUT2D eigenvalue weighted by molar-refractivity contribution is 7.13. The first-order chi connectivity index (χ1) is 11.8. The number of hydrogen-bond donors (Lipinski definition) is 1. The number of nitrogens with zero attached hydrogens (tertiary/aromatic N) is 1. The largest absolute Gasteiger partial charge is 0.493 e. The summed E-state index contributed by atoms with van der Waals surface area (Å²) in [5, 5.41) is 6.44. The van der Waals surface area contributed by atoms with Crippen LogP contribution in [0.4, 0.5) is 5.69 Å². The Kier molecular flexibility index (Phi) is 4.09. The number of rotatable bonds is 4. The highest BCUT2D eigenvalue weighted by Gasteiger charge is 2.14. The zero-order valence-electron chi connectivity index (χ0n) is 13.4. The first-order valence-electron chi connectivity index (χ1n) is 8.04. The van der Waals surface area contributed by atoms with Crippen LogP contribution in [0.5, 0.6) is 11.5 Å². The van der Waals surface area contributed by atoms with E-state index in [4.69, 9.17) is 14.5 Å². The fraction of sp³-hybridized carbons (Fsp3) is 0.211. The fourth-order valence-electron chi connectivity index (χ4n) is 2.76. The predicted molar refractivity (Wildman–Crippen MR) is 98.1 cm³/mol. The molecule has 24 heavy (non-hydrogen) atoms. The van der Waals surface area contributed by atoms with Gasteiger partial charge in [-0.1, -0.05) is 12.1 Å². The Labute approximate surface area is 145 Å². The van der Waals surface area contributed by atoms with Gasteiger partial charge in [0.15, 0.2) is 0 Å². The van der Waals surface area contributed by atoms with Gasteiger partial charge in [0, 0.05) is 23.1 Å². The molecule has 2 heterocycles. The lowest BCUT2D eigenvalue weighted by molar-refractivity contribution is 0.323. The van der Waals surface area contributed by atoms with Gasteiger partial charge in [-0.3, -0.25) is 0 Å². The lowest BCUT2D eigenvalue weighted by Crippen LogP contribution is -2.17. The van der Waals surface area contributed by atoms with Crippen molar-refractivity contribution in [1.29, 1.82) is 0 Å². The van der Waals surface area contributed by atoms with Crippen molar-refractivity contribution in [2.75, 3.05) is 25.1 Å². The summed E-state index contributed by atoms with van der Waals surface area (Å²) in [6, 6.07) is 14.2. The third-order valence-corrected chi connectivity index (χ3v) is 4.76. The van der Waals surface area contributed by atoms with Crippen LogP contribution < -0.4 is 14.8 Å². The number of ether oxygens (including phenoxy) is 2. The van der Waals surface area contributed by atoms with Crippen LogP contribution in [-0.4, -0.2) is 24.7 Å². The maximum Gasteiger partial charge on any atom is 0.142 e. The minimum Gasteiger partial charge on any atom is -0.493 e. The molecule has 0 amide bonds. The minimum absolute atomic E-state index is 0.643. The molecule has 0 unspecified atom stereocenters. The van der Waals surface area contributed by atoms with Crippen LogP contribution in [0.1, 0.15) is 6.92 Å². The highest BCUT2D eigenvalue weighted by Crippen LogP contribution is 2.37. The molecule has 0 fully saturated rings. The van der Waals surface area contributed by atoms with Crippen LogP contribution in [0.2, 0.25) is 0 Å². The van der Waals surface area contributed by atoms with Gasteiger partial charge in [-0.25, -0.2) is 4.98 Å². The van der Waals surface area contributed by atoms with Crippen molar-refractivity contribution in [3.8, 4) is 33.3 Å². The molecule has 0 atom stereocenters. The van der Waals surface area contributed by atoms with Crippen LogP contribution in [0, 0.1) is 0 Å². The zero-order chi connectivity index (χ0) is 16.4. The topological polar surface area (TPSA) is 43.4 Å². The van der Waals surface area contributed by atoms with E-state index in [2.05, 4.69) is 22.8 Å². The molecule has 4 nitrogen and oxygen atoms in total. The van der Waals surface area contributed by atoms with Gasteiger partial charge in [0.25, 0.3) is 0 Å². The van der Waals surface area contributed by atoms with Crippen molar-refractivity contribution in [1.82, 2.24) is 4.98 Å². The molecule has 0 bridgehead atoms. The minimum atomic E-state index is 0.643. The van der Waals surface area contributed by atoms with Crippen LogP contribution in [-0.2, 0) is 0 Å². The van der Waals surface area contributed by atoms with Gasteiger partial charge in [-0.15, -0.1) is 11.3 Å². The standard InChI is InChI=1S/C19H18N2O2S/c1-2-22-17-6-4-3-5-14(17)16-12-24-19(21-16)13-7-8-18-15(11-13)20-9-10-23-18/h3-8,11-12,20H,2,9-10H2,1H3. The van der Waals surface area contributed by atoms with E-state index in [0.29, 0.717) is 13.2 Å². The molecule has 5 heteroatoms. The van der Waals surface area contributed by atoms with Gasteiger partial charge < -0.3 is 14.8 Å². The lowest BCUT2D eigenvalue weighted by atomic mass is 10.1. The summed E-state index contributed by atoms with van der Waals surface area (Å²) < 4.78 is 11.4. The van der Waals surface area contributed by atoms with Gasteiger partial charge in [0.05, 0.1) is 18.0 Å². The van der Waals surface area contributed by atoms with E-state index in [1.165, 1.54) is 0 Å². The predicted octanol–water partition coefficient (Wildman–Crippen LogP) is 4.68. The number of aromatic nitrogens is 1. The molecular weight excluding hydrogens is 320 g/mol. The summed E-state index contributed by atoms with van der Waals surface area (Å²) in [5.74, 6) is 1.78. The molecule has 1 aliphatic rings. The van der Waals surface area contributed by atoms with Gasteiger partial charge in [-0.2, -0.15) is 0 Å². The molecule has 0 aliphatic carbocycles. The molecule has 4 rings (SSSR count). The van der Waals surface area contributed by atoms with E-state index in [-0.39, 0.29) is 0 Å². The molecule has 0 radical (unpaired) electrons. The van der Waals surface area contributed by atoms with Gasteiger partial charge >= 0.3 is 0 Å². The molecular formula is C19H18N2O2S. The second-order valence-corrected chi connectivity index (χ2v) is 6.31. The Morgan fingerprint density at radius 1 is 1.25 bits per heavy atom. The van der Waals surface area contributed by atoms with E-state index in [1.54, 1.807) is 11.3 Å². The number of nitrogens with one attached hydrogen (secondary N) is 1. The Morgan fingerprint density at radius 3 is 3.08 bits per heavy atom. The van der Waals surface area contributed by atoms with E-state index >= 15 is 0 Å². The third kappa shape index (κ3) is 2.83. The normalized spacial score (nSPS) is 12.9. The van der Waals surface area contributed by atoms with Crippen molar-refractivity contribution in [2.24, 2.45) is 0 Å². The summed E-state index contributed by atoms with van der Waals surface area (Å²) in [6.07, 6.45) is 0. The summed E-state index contributed by atoms with van der Waals surface area (Å²) >= 11 is 1.64. The molecule has 1 N–H and O–H groups in total. The number of anilines is 1. The summed E-state index contributed by atoms with van der Waals surface area (Å²) in [7, 11) is 0. The molecule has 0 saturated heterocycles. The molecule has 1 aliphatic heterocycles. The number of benzene rings is 2. The molecule has 1 aromatic heterocycles. The fourth-order valence-corrected chi connectivity index (χ4v) is 3.58. The summed E-state index contributed by atoms with van der Waals surface area (Å²) in [5.41, 5.74) is 4.10. The Bertz CT molecular complexity index is 860. The maximum absolute atomic E-state index is 5.72. The molecule has 0 spiro atoms. The second-order valence-electron chi connectivity index (χ2n) is 5.45. The lowest BCUT2D eigenvalue weighted by Gasteiger charge is -2.19. The summed E-state index contributed by atoms with van der Waals surface area (Å²) in [6.45, 7) is 4.18. The Hall–Kier alpha value is -2.53. The number of thiazole rings is 1. The van der Waals surface area contributed by atoms with E-state index in [0.717, 1.165) is 45.6 Å². The van der Waals surface area contributed by atoms with E-state index < -0.39 is 0 Å². The first-order valence-corrected chi connectivity index (χ1v) is 8.92.